The maximum Gasteiger partial charge on any atom is 0.233 e. The zero-order valence-corrected chi connectivity index (χ0v) is 14.7. The molecule has 114 valence electrons. The summed E-state index contributed by atoms with van der Waals surface area (Å²) in [6.07, 6.45) is 1.83. The van der Waals surface area contributed by atoms with Crippen molar-refractivity contribution in [2.45, 2.75) is 24.8 Å². The molecule has 22 heavy (non-hydrogen) atoms. The first-order chi connectivity index (χ1) is 10.5. The van der Waals surface area contributed by atoms with Crippen LogP contribution in [0.4, 0.5) is 0 Å². The quantitative estimate of drug-likeness (QED) is 0.749. The van der Waals surface area contributed by atoms with E-state index < -0.39 is 0 Å². The summed E-state index contributed by atoms with van der Waals surface area (Å²) in [5.41, 5.74) is 1.87. The molecule has 1 saturated carbocycles. The SMILES string of the molecule is CN(Cc1ccc(Br)cc1)C(=O)C1(c2ccc(Cl)cc2)CC1. The second-order valence-electron chi connectivity index (χ2n) is 5.88. The fourth-order valence-electron chi connectivity index (χ4n) is 2.82. The first-order valence-electron chi connectivity index (χ1n) is 7.27. The average molecular weight is 379 g/mol. The number of benzene rings is 2. The minimum absolute atomic E-state index is 0.192. The Morgan fingerprint density at radius 2 is 1.73 bits per heavy atom. The van der Waals surface area contributed by atoms with Gasteiger partial charge >= 0.3 is 0 Å². The standard InChI is InChI=1S/C18H17BrClNO/c1-21(12-13-2-6-15(19)7-3-13)17(22)18(10-11-18)14-4-8-16(20)9-5-14/h2-9H,10-12H2,1H3. The molecule has 2 aromatic rings. The Morgan fingerprint density at radius 3 is 2.27 bits per heavy atom. The van der Waals surface area contributed by atoms with E-state index in [-0.39, 0.29) is 11.3 Å². The topological polar surface area (TPSA) is 20.3 Å². The lowest BCUT2D eigenvalue weighted by Crippen LogP contribution is -2.36. The minimum Gasteiger partial charge on any atom is -0.341 e. The van der Waals surface area contributed by atoms with E-state index in [1.54, 1.807) is 0 Å². The van der Waals surface area contributed by atoms with Crippen LogP contribution in [0.5, 0.6) is 0 Å². The van der Waals surface area contributed by atoms with Crippen LogP contribution in [0.25, 0.3) is 0 Å². The highest BCUT2D eigenvalue weighted by Gasteiger charge is 2.52. The van der Waals surface area contributed by atoms with E-state index in [4.69, 9.17) is 11.6 Å². The summed E-state index contributed by atoms with van der Waals surface area (Å²) in [5, 5.41) is 0.704. The van der Waals surface area contributed by atoms with Gasteiger partial charge in [0.1, 0.15) is 0 Å². The summed E-state index contributed by atoms with van der Waals surface area (Å²) in [7, 11) is 1.88. The van der Waals surface area contributed by atoms with Gasteiger partial charge in [0.2, 0.25) is 5.91 Å². The summed E-state index contributed by atoms with van der Waals surface area (Å²) < 4.78 is 1.05. The van der Waals surface area contributed by atoms with E-state index in [1.165, 1.54) is 0 Å². The highest BCUT2D eigenvalue weighted by atomic mass is 79.9. The van der Waals surface area contributed by atoms with Crippen molar-refractivity contribution in [3.63, 3.8) is 0 Å². The van der Waals surface area contributed by atoms with E-state index in [0.29, 0.717) is 11.6 Å². The number of amides is 1. The Kier molecular flexibility index (Phi) is 4.28. The van der Waals surface area contributed by atoms with Crippen LogP contribution >= 0.6 is 27.5 Å². The summed E-state index contributed by atoms with van der Waals surface area (Å²) in [6.45, 7) is 0.626. The van der Waals surface area contributed by atoms with Gasteiger partial charge in [0.15, 0.2) is 0 Å². The third-order valence-electron chi connectivity index (χ3n) is 4.24. The fraction of sp³-hybridized carbons (Fsp3) is 0.278. The summed E-state index contributed by atoms with van der Waals surface area (Å²) in [6, 6.07) is 15.7. The van der Waals surface area contributed by atoms with Gasteiger partial charge in [0.25, 0.3) is 0 Å². The molecule has 1 amide bonds. The third-order valence-corrected chi connectivity index (χ3v) is 5.02. The fourth-order valence-corrected chi connectivity index (χ4v) is 3.21. The van der Waals surface area contributed by atoms with Gasteiger partial charge in [-0.05, 0) is 48.2 Å². The van der Waals surface area contributed by atoms with Crippen molar-refractivity contribution in [3.8, 4) is 0 Å². The molecule has 0 heterocycles. The second-order valence-corrected chi connectivity index (χ2v) is 7.23. The van der Waals surface area contributed by atoms with E-state index >= 15 is 0 Å². The number of carbonyl (C=O) groups excluding carboxylic acids is 1. The van der Waals surface area contributed by atoms with Crippen LogP contribution in [0.3, 0.4) is 0 Å². The van der Waals surface area contributed by atoms with Crippen molar-refractivity contribution in [1.29, 1.82) is 0 Å². The lowest BCUT2D eigenvalue weighted by molar-refractivity contribution is -0.133. The highest BCUT2D eigenvalue weighted by molar-refractivity contribution is 9.10. The third kappa shape index (κ3) is 3.06. The van der Waals surface area contributed by atoms with Gasteiger partial charge in [0.05, 0.1) is 5.41 Å². The molecule has 4 heteroatoms. The number of hydrogen-bond acceptors (Lipinski definition) is 1. The van der Waals surface area contributed by atoms with E-state index in [2.05, 4.69) is 15.9 Å². The number of rotatable bonds is 4. The molecule has 0 atom stereocenters. The molecule has 0 spiro atoms. The molecule has 0 radical (unpaired) electrons. The Hall–Kier alpha value is -1.32. The van der Waals surface area contributed by atoms with Gasteiger partial charge in [-0.15, -0.1) is 0 Å². The maximum atomic E-state index is 12.9. The number of hydrogen-bond donors (Lipinski definition) is 0. The van der Waals surface area contributed by atoms with Gasteiger partial charge in [-0.1, -0.05) is 51.8 Å². The molecule has 3 rings (SSSR count). The van der Waals surface area contributed by atoms with E-state index in [1.807, 2.05) is 60.5 Å². The van der Waals surface area contributed by atoms with Crippen molar-refractivity contribution in [2.24, 2.45) is 0 Å². The minimum atomic E-state index is -0.339. The Bertz CT molecular complexity index is 677. The predicted octanol–water partition coefficient (Wildman–Crippen LogP) is 4.79. The Balaban J connectivity index is 1.75. The molecule has 0 unspecified atom stereocenters. The largest absolute Gasteiger partial charge is 0.341 e. The van der Waals surface area contributed by atoms with Crippen LogP contribution in [-0.2, 0) is 16.8 Å². The van der Waals surface area contributed by atoms with Gasteiger partial charge in [-0.2, -0.15) is 0 Å². The number of likely N-dealkylation sites (N-methyl/N-ethyl adjacent to an activating group) is 1. The normalized spacial score (nSPS) is 15.4. The van der Waals surface area contributed by atoms with Crippen LogP contribution < -0.4 is 0 Å². The molecule has 0 aromatic heterocycles. The van der Waals surface area contributed by atoms with E-state index in [9.17, 15) is 4.79 Å². The van der Waals surface area contributed by atoms with Gasteiger partial charge < -0.3 is 4.90 Å². The van der Waals surface area contributed by atoms with Crippen molar-refractivity contribution in [1.82, 2.24) is 4.90 Å². The average Bonchev–Trinajstić information content (AvgIpc) is 3.31. The van der Waals surface area contributed by atoms with Crippen LogP contribution in [-0.4, -0.2) is 17.9 Å². The van der Waals surface area contributed by atoms with Crippen LogP contribution in [0, 0.1) is 0 Å². The summed E-state index contributed by atoms with van der Waals surface area (Å²) in [4.78, 5) is 14.7. The molecular weight excluding hydrogens is 362 g/mol. The summed E-state index contributed by atoms with van der Waals surface area (Å²) in [5.74, 6) is 0.192. The number of nitrogens with zero attached hydrogens (tertiary/aromatic N) is 1. The molecule has 0 N–H and O–H groups in total. The Labute approximate surface area is 144 Å². The van der Waals surface area contributed by atoms with Gasteiger partial charge in [-0.25, -0.2) is 0 Å². The number of halogens is 2. The smallest absolute Gasteiger partial charge is 0.233 e. The first kappa shape index (κ1) is 15.6. The molecule has 2 aromatic carbocycles. The predicted molar refractivity (Wildman–Crippen MR) is 93.0 cm³/mol. The molecule has 2 nitrogen and oxygen atoms in total. The van der Waals surface area contributed by atoms with E-state index in [0.717, 1.165) is 28.4 Å². The first-order valence-corrected chi connectivity index (χ1v) is 8.44. The zero-order chi connectivity index (χ0) is 15.7. The van der Waals surface area contributed by atoms with Crippen molar-refractivity contribution in [2.75, 3.05) is 7.05 Å². The lowest BCUT2D eigenvalue weighted by atomic mass is 9.94. The number of carbonyl (C=O) groups is 1. The van der Waals surface area contributed by atoms with Crippen molar-refractivity contribution < 1.29 is 4.79 Å². The second kappa shape index (κ2) is 6.05. The monoisotopic (exact) mass is 377 g/mol. The molecular formula is C18H17BrClNO. The van der Waals surface area contributed by atoms with Crippen LogP contribution in [0.15, 0.2) is 53.0 Å². The Morgan fingerprint density at radius 1 is 1.14 bits per heavy atom. The van der Waals surface area contributed by atoms with Crippen LogP contribution in [0.2, 0.25) is 5.02 Å². The molecule has 0 bridgehead atoms. The van der Waals surface area contributed by atoms with Crippen molar-refractivity contribution in [3.05, 3.63) is 69.2 Å². The lowest BCUT2D eigenvalue weighted by Gasteiger charge is -2.24. The molecule has 0 aliphatic heterocycles. The van der Waals surface area contributed by atoms with Gasteiger partial charge in [0, 0.05) is 23.1 Å². The molecule has 1 aliphatic carbocycles. The molecule has 1 aliphatic rings. The molecule has 0 saturated heterocycles. The molecule has 1 fully saturated rings. The van der Waals surface area contributed by atoms with Crippen molar-refractivity contribution >= 4 is 33.4 Å². The zero-order valence-electron chi connectivity index (χ0n) is 12.4. The van der Waals surface area contributed by atoms with Crippen LogP contribution in [0.1, 0.15) is 24.0 Å². The maximum absolute atomic E-state index is 12.9. The summed E-state index contributed by atoms with van der Waals surface area (Å²) >= 11 is 9.37. The van der Waals surface area contributed by atoms with Gasteiger partial charge in [-0.3, -0.25) is 4.79 Å². The highest BCUT2D eigenvalue weighted by Crippen LogP contribution is 2.49.